The van der Waals surface area contributed by atoms with Crippen molar-refractivity contribution in [2.45, 2.75) is 10.9 Å². The van der Waals surface area contributed by atoms with Crippen molar-refractivity contribution < 1.29 is 13.2 Å². The van der Waals surface area contributed by atoms with Crippen LogP contribution in [0.4, 0.5) is 5.69 Å². The lowest BCUT2D eigenvalue weighted by atomic mass is 10.1. The van der Waals surface area contributed by atoms with Crippen LogP contribution >= 0.6 is 27.7 Å². The number of halogens is 1. The van der Waals surface area contributed by atoms with Crippen molar-refractivity contribution >= 4 is 60.3 Å². The standard InChI is InChI=1S/C20H15BrN4O3S2/c21-14-9-11-15(12-10-14)22-20(26)18(13-5-2-1-3-6-13)25-30(27,28)17-8-4-7-16-19(17)24-29-23-16/h1-12,18,25H,(H,22,26)/t18-/m0/s1. The number of carbonyl (C=O) groups is 1. The predicted octanol–water partition coefficient (Wildman–Crippen LogP) is 4.11. The Balaban J connectivity index is 1.69. The third-order valence-electron chi connectivity index (χ3n) is 4.32. The van der Waals surface area contributed by atoms with Crippen molar-refractivity contribution in [3.8, 4) is 0 Å². The van der Waals surface area contributed by atoms with Gasteiger partial charge >= 0.3 is 0 Å². The molecule has 0 spiro atoms. The van der Waals surface area contributed by atoms with Crippen molar-refractivity contribution in [3.05, 3.63) is 82.8 Å². The van der Waals surface area contributed by atoms with Crippen molar-refractivity contribution in [1.82, 2.24) is 13.5 Å². The summed E-state index contributed by atoms with van der Waals surface area (Å²) in [6, 6.07) is 19.3. The van der Waals surface area contributed by atoms with Crippen LogP contribution in [-0.4, -0.2) is 23.1 Å². The second-order valence-corrected chi connectivity index (χ2v) is 9.48. The molecule has 7 nitrogen and oxygen atoms in total. The van der Waals surface area contributed by atoms with E-state index in [0.717, 1.165) is 16.2 Å². The van der Waals surface area contributed by atoms with E-state index in [2.05, 4.69) is 34.7 Å². The molecule has 1 heterocycles. The maximum Gasteiger partial charge on any atom is 0.247 e. The number of aromatic nitrogens is 2. The monoisotopic (exact) mass is 502 g/mol. The third-order valence-corrected chi connectivity index (χ3v) is 6.84. The Morgan fingerprint density at radius 1 is 0.933 bits per heavy atom. The SMILES string of the molecule is O=C(Nc1ccc(Br)cc1)[C@@H](NS(=O)(=O)c1cccc2nsnc12)c1ccccc1. The Morgan fingerprint density at radius 2 is 1.67 bits per heavy atom. The fourth-order valence-corrected chi connectivity index (χ4v) is 5.10. The highest BCUT2D eigenvalue weighted by Crippen LogP contribution is 2.24. The Morgan fingerprint density at radius 3 is 2.40 bits per heavy atom. The summed E-state index contributed by atoms with van der Waals surface area (Å²) in [6.07, 6.45) is 0. The molecule has 1 amide bonds. The van der Waals surface area contributed by atoms with Crippen LogP contribution in [0.15, 0.2) is 82.2 Å². The molecule has 0 aliphatic rings. The lowest BCUT2D eigenvalue weighted by Crippen LogP contribution is -2.37. The number of anilines is 1. The summed E-state index contributed by atoms with van der Waals surface area (Å²) in [5, 5.41) is 2.76. The third kappa shape index (κ3) is 4.41. The number of fused-ring (bicyclic) bond motifs is 1. The van der Waals surface area contributed by atoms with Gasteiger partial charge in [-0.25, -0.2) is 8.42 Å². The smallest absolute Gasteiger partial charge is 0.247 e. The second kappa shape index (κ2) is 8.60. The van der Waals surface area contributed by atoms with Gasteiger partial charge in [0, 0.05) is 10.2 Å². The summed E-state index contributed by atoms with van der Waals surface area (Å²) in [6.45, 7) is 0. The summed E-state index contributed by atoms with van der Waals surface area (Å²) in [4.78, 5) is 13.0. The highest BCUT2D eigenvalue weighted by atomic mass is 79.9. The minimum atomic E-state index is -4.06. The molecule has 30 heavy (non-hydrogen) atoms. The Kier molecular flexibility index (Phi) is 5.91. The molecule has 152 valence electrons. The number of carbonyl (C=O) groups excluding carboxylic acids is 1. The molecule has 0 bridgehead atoms. The number of amides is 1. The fraction of sp³-hybridized carbons (Fsp3) is 0.0500. The average molecular weight is 503 g/mol. The van der Waals surface area contributed by atoms with Crippen LogP contribution in [0.1, 0.15) is 11.6 Å². The van der Waals surface area contributed by atoms with Crippen LogP contribution in [0.25, 0.3) is 11.0 Å². The number of sulfonamides is 1. The van der Waals surface area contributed by atoms with E-state index in [9.17, 15) is 13.2 Å². The molecule has 4 aromatic rings. The van der Waals surface area contributed by atoms with E-state index in [-0.39, 0.29) is 10.4 Å². The zero-order chi connectivity index (χ0) is 21.1. The van der Waals surface area contributed by atoms with E-state index in [1.165, 1.54) is 6.07 Å². The van der Waals surface area contributed by atoms with Crippen LogP contribution in [0.3, 0.4) is 0 Å². The van der Waals surface area contributed by atoms with Crippen molar-refractivity contribution in [3.63, 3.8) is 0 Å². The van der Waals surface area contributed by atoms with Gasteiger partial charge in [0.1, 0.15) is 22.0 Å². The van der Waals surface area contributed by atoms with Crippen molar-refractivity contribution in [1.29, 1.82) is 0 Å². The van der Waals surface area contributed by atoms with Crippen LogP contribution in [-0.2, 0) is 14.8 Å². The number of benzene rings is 3. The summed E-state index contributed by atoms with van der Waals surface area (Å²) in [5.41, 5.74) is 1.82. The maximum absolute atomic E-state index is 13.2. The van der Waals surface area contributed by atoms with Gasteiger partial charge in [0.15, 0.2) is 0 Å². The molecule has 2 N–H and O–H groups in total. The topological polar surface area (TPSA) is 101 Å². The molecule has 10 heteroatoms. The molecule has 0 fully saturated rings. The first-order valence-corrected chi connectivity index (χ1v) is 11.8. The van der Waals surface area contributed by atoms with E-state index in [0.29, 0.717) is 16.8 Å². The number of rotatable bonds is 6. The molecule has 1 aromatic heterocycles. The highest BCUT2D eigenvalue weighted by Gasteiger charge is 2.29. The van der Waals surface area contributed by atoms with Crippen molar-refractivity contribution in [2.24, 2.45) is 0 Å². The Hall–Kier alpha value is -2.66. The number of nitrogens with zero attached hydrogens (tertiary/aromatic N) is 2. The normalized spacial score (nSPS) is 12.6. The summed E-state index contributed by atoms with van der Waals surface area (Å²) >= 11 is 4.28. The van der Waals surface area contributed by atoms with Crippen LogP contribution in [0.2, 0.25) is 0 Å². The maximum atomic E-state index is 13.2. The first-order chi connectivity index (χ1) is 14.4. The summed E-state index contributed by atoms with van der Waals surface area (Å²) in [7, 11) is -4.06. The zero-order valence-electron chi connectivity index (χ0n) is 15.3. The lowest BCUT2D eigenvalue weighted by molar-refractivity contribution is -0.117. The Bertz CT molecular complexity index is 1290. The minimum Gasteiger partial charge on any atom is -0.324 e. The summed E-state index contributed by atoms with van der Waals surface area (Å²) in [5.74, 6) is -0.504. The van der Waals surface area contributed by atoms with Gasteiger partial charge in [-0.2, -0.15) is 13.5 Å². The van der Waals surface area contributed by atoms with Gasteiger partial charge in [0.05, 0.1) is 11.7 Å². The van der Waals surface area contributed by atoms with E-state index >= 15 is 0 Å². The van der Waals surface area contributed by atoms with Gasteiger partial charge in [-0.1, -0.05) is 52.3 Å². The van der Waals surface area contributed by atoms with Crippen LogP contribution in [0, 0.1) is 0 Å². The van der Waals surface area contributed by atoms with Crippen LogP contribution < -0.4 is 10.0 Å². The number of hydrogen-bond acceptors (Lipinski definition) is 6. The van der Waals surface area contributed by atoms with Gasteiger partial charge in [-0.3, -0.25) is 4.79 Å². The van der Waals surface area contributed by atoms with E-state index in [1.54, 1.807) is 66.7 Å². The van der Waals surface area contributed by atoms with Crippen LogP contribution in [0.5, 0.6) is 0 Å². The quantitative estimate of drug-likeness (QED) is 0.413. The van der Waals surface area contributed by atoms with E-state index in [1.807, 2.05) is 0 Å². The first-order valence-electron chi connectivity index (χ1n) is 8.79. The largest absolute Gasteiger partial charge is 0.324 e. The van der Waals surface area contributed by atoms with Gasteiger partial charge < -0.3 is 5.32 Å². The number of hydrogen-bond donors (Lipinski definition) is 2. The molecule has 0 aliphatic heterocycles. The molecular formula is C20H15BrN4O3S2. The van der Waals surface area contributed by atoms with Gasteiger partial charge in [-0.15, -0.1) is 0 Å². The molecule has 0 saturated carbocycles. The second-order valence-electron chi connectivity index (χ2n) is 6.35. The highest BCUT2D eigenvalue weighted by molar-refractivity contribution is 9.10. The molecule has 3 aromatic carbocycles. The van der Waals surface area contributed by atoms with E-state index < -0.39 is 22.0 Å². The van der Waals surface area contributed by atoms with Gasteiger partial charge in [0.25, 0.3) is 0 Å². The molecule has 0 radical (unpaired) electrons. The van der Waals surface area contributed by atoms with E-state index in [4.69, 9.17) is 0 Å². The fourth-order valence-electron chi connectivity index (χ4n) is 2.88. The Labute approximate surface area is 185 Å². The molecule has 1 atom stereocenters. The molecule has 0 saturated heterocycles. The summed E-state index contributed by atoms with van der Waals surface area (Å²) < 4.78 is 37.9. The van der Waals surface area contributed by atoms with Gasteiger partial charge in [-0.05, 0) is 42.0 Å². The minimum absolute atomic E-state index is 0.0221. The molecular weight excluding hydrogens is 488 g/mol. The molecule has 0 aliphatic carbocycles. The molecule has 0 unspecified atom stereocenters. The molecule has 4 rings (SSSR count). The van der Waals surface area contributed by atoms with Gasteiger partial charge in [0.2, 0.25) is 15.9 Å². The zero-order valence-corrected chi connectivity index (χ0v) is 18.5. The van der Waals surface area contributed by atoms with Crippen molar-refractivity contribution in [2.75, 3.05) is 5.32 Å². The lowest BCUT2D eigenvalue weighted by Gasteiger charge is -2.19. The first kappa shape index (κ1) is 20.6. The number of nitrogens with one attached hydrogen (secondary N) is 2. The average Bonchev–Trinajstić information content (AvgIpc) is 3.23. The predicted molar refractivity (Wildman–Crippen MR) is 120 cm³/mol.